The molecule has 64 valence electrons. The second-order valence-electron chi connectivity index (χ2n) is 2.79. The van der Waals surface area contributed by atoms with Gasteiger partial charge in [0.25, 0.3) is 0 Å². The number of unbranched alkanes of at least 4 members (excludes halogenated alkanes) is 3. The molecular weight excluding hydrogens is 136 g/mol. The molecule has 0 N–H and O–H groups in total. The molecule has 0 aliphatic heterocycles. The van der Waals surface area contributed by atoms with Gasteiger partial charge in [-0.1, -0.05) is 32.3 Å². The summed E-state index contributed by atoms with van der Waals surface area (Å²) >= 11 is 0. The highest BCUT2D eigenvalue weighted by Crippen LogP contribution is 2.07. The molecular formula is C10H18O. The predicted molar refractivity (Wildman–Crippen MR) is 48.6 cm³/mol. The van der Waals surface area contributed by atoms with Crippen molar-refractivity contribution >= 4 is 6.29 Å². The topological polar surface area (TPSA) is 17.1 Å². The summed E-state index contributed by atoms with van der Waals surface area (Å²) in [5.41, 5.74) is 0.945. The van der Waals surface area contributed by atoms with E-state index in [4.69, 9.17) is 0 Å². The Morgan fingerprint density at radius 2 is 2.00 bits per heavy atom. The standard InChI is InChI=1S/C10H18O/c1-3-5-6-7-8-10(4-2)9-11/h4,9H,3,5-8H2,1-2H3. The van der Waals surface area contributed by atoms with Gasteiger partial charge in [0.05, 0.1) is 0 Å². The van der Waals surface area contributed by atoms with E-state index < -0.39 is 0 Å². The first kappa shape index (κ1) is 10.4. The molecule has 11 heavy (non-hydrogen) atoms. The Labute approximate surface area is 69.5 Å². The molecule has 0 aromatic heterocycles. The minimum Gasteiger partial charge on any atom is -0.298 e. The Morgan fingerprint density at radius 1 is 1.27 bits per heavy atom. The Kier molecular flexibility index (Phi) is 7.11. The highest BCUT2D eigenvalue weighted by Gasteiger charge is 1.92. The van der Waals surface area contributed by atoms with Crippen LogP contribution in [0.15, 0.2) is 11.6 Å². The quantitative estimate of drug-likeness (QED) is 0.326. The third kappa shape index (κ3) is 5.84. The lowest BCUT2D eigenvalue weighted by Crippen LogP contribution is -1.84. The molecule has 0 unspecified atom stereocenters. The van der Waals surface area contributed by atoms with E-state index in [1.807, 2.05) is 13.0 Å². The molecule has 0 saturated carbocycles. The van der Waals surface area contributed by atoms with Crippen molar-refractivity contribution in [3.63, 3.8) is 0 Å². The average Bonchev–Trinajstić information content (AvgIpc) is 2.05. The van der Waals surface area contributed by atoms with Crippen LogP contribution in [-0.2, 0) is 4.79 Å². The first-order chi connectivity index (χ1) is 5.35. The summed E-state index contributed by atoms with van der Waals surface area (Å²) in [6.45, 7) is 4.11. The van der Waals surface area contributed by atoms with E-state index in [0.717, 1.165) is 24.7 Å². The largest absolute Gasteiger partial charge is 0.298 e. The van der Waals surface area contributed by atoms with Gasteiger partial charge in [0.15, 0.2) is 0 Å². The van der Waals surface area contributed by atoms with Gasteiger partial charge in [-0.15, -0.1) is 0 Å². The van der Waals surface area contributed by atoms with Crippen molar-refractivity contribution < 1.29 is 4.79 Å². The van der Waals surface area contributed by atoms with Crippen molar-refractivity contribution in [3.8, 4) is 0 Å². The molecule has 0 aromatic carbocycles. The van der Waals surface area contributed by atoms with Crippen LogP contribution in [0.3, 0.4) is 0 Å². The molecule has 1 heteroatoms. The third-order valence-corrected chi connectivity index (χ3v) is 1.84. The summed E-state index contributed by atoms with van der Waals surface area (Å²) in [5, 5.41) is 0. The summed E-state index contributed by atoms with van der Waals surface area (Å²) in [4.78, 5) is 10.3. The van der Waals surface area contributed by atoms with Crippen LogP contribution in [-0.4, -0.2) is 6.29 Å². The van der Waals surface area contributed by atoms with Gasteiger partial charge < -0.3 is 0 Å². The van der Waals surface area contributed by atoms with Gasteiger partial charge in [-0.25, -0.2) is 0 Å². The molecule has 0 radical (unpaired) electrons. The average molecular weight is 154 g/mol. The SMILES string of the molecule is CC=C(C=O)CCCCCC. The molecule has 1 nitrogen and oxygen atoms in total. The lowest BCUT2D eigenvalue weighted by atomic mass is 10.1. The second-order valence-corrected chi connectivity index (χ2v) is 2.79. The molecule has 0 bridgehead atoms. The summed E-state index contributed by atoms with van der Waals surface area (Å²) in [6.07, 6.45) is 8.78. The van der Waals surface area contributed by atoms with Crippen molar-refractivity contribution in [2.24, 2.45) is 0 Å². The normalized spacial score (nSPS) is 11.6. The first-order valence-corrected chi connectivity index (χ1v) is 4.45. The van der Waals surface area contributed by atoms with Crippen molar-refractivity contribution in [1.82, 2.24) is 0 Å². The summed E-state index contributed by atoms with van der Waals surface area (Å²) in [7, 11) is 0. The van der Waals surface area contributed by atoms with Gasteiger partial charge in [0.1, 0.15) is 6.29 Å². The summed E-state index contributed by atoms with van der Waals surface area (Å²) < 4.78 is 0. The number of rotatable bonds is 6. The van der Waals surface area contributed by atoms with E-state index in [9.17, 15) is 4.79 Å². The number of aldehydes is 1. The molecule has 0 fully saturated rings. The van der Waals surface area contributed by atoms with Gasteiger partial charge in [0.2, 0.25) is 0 Å². The van der Waals surface area contributed by atoms with Crippen molar-refractivity contribution in [3.05, 3.63) is 11.6 Å². The van der Waals surface area contributed by atoms with Crippen molar-refractivity contribution in [2.75, 3.05) is 0 Å². The monoisotopic (exact) mass is 154 g/mol. The zero-order valence-electron chi connectivity index (χ0n) is 7.60. The molecule has 0 heterocycles. The summed E-state index contributed by atoms with van der Waals surface area (Å²) in [5.74, 6) is 0. The van der Waals surface area contributed by atoms with Crippen molar-refractivity contribution in [1.29, 1.82) is 0 Å². The number of allylic oxidation sites excluding steroid dienone is 2. The Balaban J connectivity index is 3.29. The fourth-order valence-electron chi connectivity index (χ4n) is 1.03. The zero-order chi connectivity index (χ0) is 8.53. The third-order valence-electron chi connectivity index (χ3n) is 1.84. The number of hydrogen-bond acceptors (Lipinski definition) is 1. The first-order valence-electron chi connectivity index (χ1n) is 4.45. The minimum atomic E-state index is 0.945. The molecule has 0 aromatic rings. The van der Waals surface area contributed by atoms with Crippen LogP contribution >= 0.6 is 0 Å². The van der Waals surface area contributed by atoms with E-state index in [2.05, 4.69) is 6.92 Å². The van der Waals surface area contributed by atoms with Gasteiger partial charge in [-0.05, 0) is 25.3 Å². The van der Waals surface area contributed by atoms with E-state index in [1.54, 1.807) is 0 Å². The molecule has 0 atom stereocenters. The number of carbonyl (C=O) groups excluding carboxylic acids is 1. The van der Waals surface area contributed by atoms with E-state index in [-0.39, 0.29) is 0 Å². The van der Waals surface area contributed by atoms with Crippen LogP contribution in [0.4, 0.5) is 0 Å². The van der Waals surface area contributed by atoms with Gasteiger partial charge in [-0.2, -0.15) is 0 Å². The fourth-order valence-corrected chi connectivity index (χ4v) is 1.03. The maximum absolute atomic E-state index is 10.3. The maximum atomic E-state index is 10.3. The molecule has 0 aliphatic carbocycles. The van der Waals surface area contributed by atoms with E-state index in [1.165, 1.54) is 19.3 Å². The second kappa shape index (κ2) is 7.52. The molecule has 0 spiro atoms. The zero-order valence-corrected chi connectivity index (χ0v) is 7.60. The minimum absolute atomic E-state index is 0.945. The molecule has 0 aliphatic rings. The van der Waals surface area contributed by atoms with Crippen LogP contribution in [0.1, 0.15) is 46.0 Å². The van der Waals surface area contributed by atoms with Crippen LogP contribution in [0, 0.1) is 0 Å². The lowest BCUT2D eigenvalue weighted by molar-refractivity contribution is -0.105. The van der Waals surface area contributed by atoms with Gasteiger partial charge >= 0.3 is 0 Å². The maximum Gasteiger partial charge on any atom is 0.145 e. The fraction of sp³-hybridized carbons (Fsp3) is 0.700. The van der Waals surface area contributed by atoms with Gasteiger partial charge in [0, 0.05) is 0 Å². The van der Waals surface area contributed by atoms with Gasteiger partial charge in [-0.3, -0.25) is 4.79 Å². The highest BCUT2D eigenvalue weighted by molar-refractivity contribution is 5.72. The van der Waals surface area contributed by atoms with E-state index in [0.29, 0.717) is 0 Å². The predicted octanol–water partition coefficient (Wildman–Crippen LogP) is 3.10. The van der Waals surface area contributed by atoms with Crippen LogP contribution in [0.5, 0.6) is 0 Å². The van der Waals surface area contributed by atoms with Crippen LogP contribution < -0.4 is 0 Å². The Morgan fingerprint density at radius 3 is 2.45 bits per heavy atom. The Bertz CT molecular complexity index is 125. The highest BCUT2D eigenvalue weighted by atomic mass is 16.1. The Hall–Kier alpha value is -0.590. The molecule has 0 rings (SSSR count). The molecule has 0 saturated heterocycles. The van der Waals surface area contributed by atoms with Crippen LogP contribution in [0.25, 0.3) is 0 Å². The van der Waals surface area contributed by atoms with Crippen molar-refractivity contribution in [2.45, 2.75) is 46.0 Å². The lowest BCUT2D eigenvalue weighted by Gasteiger charge is -1.97. The smallest absolute Gasteiger partial charge is 0.145 e. The number of carbonyl (C=O) groups is 1. The van der Waals surface area contributed by atoms with E-state index >= 15 is 0 Å². The summed E-state index contributed by atoms with van der Waals surface area (Å²) in [6, 6.07) is 0. The number of hydrogen-bond donors (Lipinski definition) is 0. The van der Waals surface area contributed by atoms with Crippen LogP contribution in [0.2, 0.25) is 0 Å². The molecule has 0 amide bonds.